The maximum absolute atomic E-state index is 12.4. The Morgan fingerprint density at radius 3 is 2.54 bits per heavy atom. The summed E-state index contributed by atoms with van der Waals surface area (Å²) < 4.78 is 27.9. The fourth-order valence-electron chi connectivity index (χ4n) is 2.91. The first-order chi connectivity index (χ1) is 13.1. The second kappa shape index (κ2) is 9.18. The van der Waals surface area contributed by atoms with Crippen molar-refractivity contribution in [2.45, 2.75) is 39.3 Å². The number of nitrogens with one attached hydrogen (secondary N) is 2. The van der Waals surface area contributed by atoms with E-state index < -0.39 is 46.3 Å². The van der Waals surface area contributed by atoms with E-state index in [9.17, 15) is 22.8 Å². The summed E-state index contributed by atoms with van der Waals surface area (Å²) in [7, 11) is -3.11. The van der Waals surface area contributed by atoms with Crippen molar-refractivity contribution in [1.29, 1.82) is 0 Å². The van der Waals surface area contributed by atoms with Crippen molar-refractivity contribution in [2.24, 2.45) is 5.92 Å². The number of esters is 1. The zero-order chi connectivity index (χ0) is 20.9. The summed E-state index contributed by atoms with van der Waals surface area (Å²) in [6.45, 7) is 4.84. The summed E-state index contributed by atoms with van der Waals surface area (Å²) in [5, 5.41) is 5.19. The lowest BCUT2D eigenvalue weighted by atomic mass is 10.0. The van der Waals surface area contributed by atoms with Crippen molar-refractivity contribution in [3.8, 4) is 0 Å². The Bertz CT molecular complexity index is 850. The van der Waals surface area contributed by atoms with Crippen molar-refractivity contribution in [2.75, 3.05) is 18.1 Å². The van der Waals surface area contributed by atoms with Crippen LogP contribution in [0, 0.1) is 12.8 Å². The molecule has 0 unspecified atom stereocenters. The molecule has 2 amide bonds. The zero-order valence-electron chi connectivity index (χ0n) is 16.2. The monoisotopic (exact) mass is 410 g/mol. The predicted octanol–water partition coefficient (Wildman–Crippen LogP) is 0.596. The number of ether oxygens (including phenoxy) is 1. The molecular formula is C19H26N2O6S. The van der Waals surface area contributed by atoms with E-state index in [2.05, 4.69) is 10.6 Å². The minimum Gasteiger partial charge on any atom is -0.454 e. The van der Waals surface area contributed by atoms with Gasteiger partial charge in [-0.3, -0.25) is 9.59 Å². The van der Waals surface area contributed by atoms with Crippen molar-refractivity contribution >= 4 is 27.6 Å². The molecule has 1 heterocycles. The van der Waals surface area contributed by atoms with Crippen LogP contribution in [-0.2, 0) is 24.2 Å². The van der Waals surface area contributed by atoms with Gasteiger partial charge in [-0.05, 0) is 31.4 Å². The van der Waals surface area contributed by atoms with Gasteiger partial charge in [0.05, 0.1) is 11.5 Å². The van der Waals surface area contributed by atoms with E-state index in [1.54, 1.807) is 32.0 Å². The van der Waals surface area contributed by atoms with Crippen molar-refractivity contribution in [3.05, 3.63) is 35.4 Å². The Kier molecular flexibility index (Phi) is 7.17. The predicted molar refractivity (Wildman–Crippen MR) is 103 cm³/mol. The van der Waals surface area contributed by atoms with E-state index in [-0.39, 0.29) is 17.4 Å². The summed E-state index contributed by atoms with van der Waals surface area (Å²) in [5.41, 5.74) is 1.35. The standard InChI is InChI=1S/C19H26N2O6S/c1-12(2)17(21-18(23)14-6-4-5-13(3)9-14)19(24)27-10-16(22)20-15-7-8-28(25,26)11-15/h4-6,9,12,15,17H,7-8,10-11H2,1-3H3,(H,20,22)(H,21,23)/t15-,17-/m1/s1. The summed E-state index contributed by atoms with van der Waals surface area (Å²) in [6, 6.07) is 5.60. The number of benzene rings is 1. The third kappa shape index (κ3) is 6.33. The van der Waals surface area contributed by atoms with Gasteiger partial charge in [-0.25, -0.2) is 13.2 Å². The van der Waals surface area contributed by atoms with Crippen LogP contribution in [0.25, 0.3) is 0 Å². The van der Waals surface area contributed by atoms with Crippen LogP contribution in [0.2, 0.25) is 0 Å². The first kappa shape index (κ1) is 21.9. The molecule has 0 aromatic heterocycles. The Morgan fingerprint density at radius 1 is 1.25 bits per heavy atom. The van der Waals surface area contributed by atoms with E-state index in [1.165, 1.54) is 0 Å². The lowest BCUT2D eigenvalue weighted by Crippen LogP contribution is -2.46. The molecule has 1 aliphatic heterocycles. The smallest absolute Gasteiger partial charge is 0.329 e. The maximum Gasteiger partial charge on any atom is 0.329 e. The Balaban J connectivity index is 1.88. The largest absolute Gasteiger partial charge is 0.454 e. The fraction of sp³-hybridized carbons (Fsp3) is 0.526. The SMILES string of the molecule is Cc1cccc(C(=O)N[C@@H](C(=O)OCC(=O)N[C@@H]2CCS(=O)(=O)C2)C(C)C)c1. The van der Waals surface area contributed by atoms with E-state index >= 15 is 0 Å². The molecule has 1 aromatic rings. The van der Waals surface area contributed by atoms with E-state index in [1.807, 2.05) is 13.0 Å². The Labute approximate surface area is 164 Å². The lowest BCUT2D eigenvalue weighted by molar-refractivity contribution is -0.151. The summed E-state index contributed by atoms with van der Waals surface area (Å²) in [5.74, 6) is -2.00. The number of rotatable bonds is 7. The molecule has 0 aliphatic carbocycles. The number of carbonyl (C=O) groups excluding carboxylic acids is 3. The fourth-order valence-corrected chi connectivity index (χ4v) is 4.59. The molecule has 1 fully saturated rings. The average Bonchev–Trinajstić information content (AvgIpc) is 2.95. The third-order valence-electron chi connectivity index (χ3n) is 4.43. The average molecular weight is 410 g/mol. The van der Waals surface area contributed by atoms with Gasteiger partial charge in [0.2, 0.25) is 0 Å². The summed E-state index contributed by atoms with van der Waals surface area (Å²) in [6.07, 6.45) is 0.350. The highest BCUT2D eigenvalue weighted by molar-refractivity contribution is 7.91. The van der Waals surface area contributed by atoms with E-state index in [0.717, 1.165) is 5.56 Å². The molecule has 0 radical (unpaired) electrons. The van der Waals surface area contributed by atoms with Gasteiger partial charge in [-0.15, -0.1) is 0 Å². The molecule has 0 spiro atoms. The van der Waals surface area contributed by atoms with Crippen LogP contribution in [0.4, 0.5) is 0 Å². The number of carbonyl (C=O) groups is 3. The molecule has 0 bridgehead atoms. The highest BCUT2D eigenvalue weighted by atomic mass is 32.2. The number of sulfone groups is 1. The van der Waals surface area contributed by atoms with Gasteiger partial charge in [0.25, 0.3) is 11.8 Å². The van der Waals surface area contributed by atoms with Gasteiger partial charge < -0.3 is 15.4 Å². The first-order valence-corrected chi connectivity index (χ1v) is 10.9. The zero-order valence-corrected chi connectivity index (χ0v) is 17.0. The molecule has 8 nitrogen and oxygen atoms in total. The van der Waals surface area contributed by atoms with Crippen LogP contribution in [0.5, 0.6) is 0 Å². The summed E-state index contributed by atoms with van der Waals surface area (Å²) in [4.78, 5) is 36.7. The Morgan fingerprint density at radius 2 is 1.96 bits per heavy atom. The van der Waals surface area contributed by atoms with E-state index in [4.69, 9.17) is 4.74 Å². The number of hydrogen-bond acceptors (Lipinski definition) is 6. The molecule has 28 heavy (non-hydrogen) atoms. The molecule has 154 valence electrons. The quantitative estimate of drug-likeness (QED) is 0.636. The van der Waals surface area contributed by atoms with Gasteiger partial charge in [0.15, 0.2) is 16.4 Å². The van der Waals surface area contributed by atoms with Crippen LogP contribution < -0.4 is 10.6 Å². The molecule has 0 saturated carbocycles. The van der Waals surface area contributed by atoms with Gasteiger partial charge in [0, 0.05) is 11.6 Å². The van der Waals surface area contributed by atoms with Crippen LogP contribution in [-0.4, -0.2) is 56.4 Å². The maximum atomic E-state index is 12.4. The highest BCUT2D eigenvalue weighted by Gasteiger charge is 2.30. The lowest BCUT2D eigenvalue weighted by Gasteiger charge is -2.21. The van der Waals surface area contributed by atoms with Crippen molar-refractivity contribution in [3.63, 3.8) is 0 Å². The number of amides is 2. The molecule has 2 rings (SSSR count). The number of hydrogen-bond donors (Lipinski definition) is 2. The molecule has 2 N–H and O–H groups in total. The van der Waals surface area contributed by atoms with Gasteiger partial charge in [-0.2, -0.15) is 0 Å². The van der Waals surface area contributed by atoms with Crippen LogP contribution in [0.3, 0.4) is 0 Å². The first-order valence-electron chi connectivity index (χ1n) is 9.11. The third-order valence-corrected chi connectivity index (χ3v) is 6.20. The highest BCUT2D eigenvalue weighted by Crippen LogP contribution is 2.11. The topological polar surface area (TPSA) is 119 Å². The molecule has 1 saturated heterocycles. The van der Waals surface area contributed by atoms with Gasteiger partial charge in [0.1, 0.15) is 6.04 Å². The molecular weight excluding hydrogens is 384 g/mol. The second-order valence-corrected chi connectivity index (χ2v) is 9.57. The van der Waals surface area contributed by atoms with Crippen LogP contribution in [0.1, 0.15) is 36.2 Å². The van der Waals surface area contributed by atoms with Crippen LogP contribution >= 0.6 is 0 Å². The molecule has 1 aliphatic rings. The van der Waals surface area contributed by atoms with Crippen molar-refractivity contribution < 1.29 is 27.5 Å². The van der Waals surface area contributed by atoms with Gasteiger partial charge >= 0.3 is 5.97 Å². The normalized spacial score (nSPS) is 19.1. The minimum absolute atomic E-state index is 0.0398. The number of aryl methyl sites for hydroxylation is 1. The second-order valence-electron chi connectivity index (χ2n) is 7.34. The van der Waals surface area contributed by atoms with Crippen molar-refractivity contribution in [1.82, 2.24) is 10.6 Å². The minimum atomic E-state index is -3.11. The van der Waals surface area contributed by atoms with Crippen LogP contribution in [0.15, 0.2) is 24.3 Å². The Hall–Kier alpha value is -2.42. The molecule has 1 aromatic carbocycles. The van der Waals surface area contributed by atoms with E-state index in [0.29, 0.717) is 12.0 Å². The summed E-state index contributed by atoms with van der Waals surface area (Å²) >= 11 is 0. The molecule has 9 heteroatoms. The molecule has 2 atom stereocenters. The van der Waals surface area contributed by atoms with Gasteiger partial charge in [-0.1, -0.05) is 31.5 Å².